The highest BCUT2D eigenvalue weighted by Crippen LogP contribution is 2.17. The van der Waals surface area contributed by atoms with Gasteiger partial charge in [0, 0.05) is 24.7 Å². The first-order chi connectivity index (χ1) is 7.50. The minimum absolute atomic E-state index is 0.0652. The maximum absolute atomic E-state index is 10.5. The number of nitro benzene ring substituents is 1. The molecule has 0 spiro atoms. The number of aliphatic hydroxyl groups is 1. The molecule has 88 valence electrons. The Hall–Kier alpha value is -1.46. The summed E-state index contributed by atoms with van der Waals surface area (Å²) in [6.07, 6.45) is -0.402. The van der Waals surface area contributed by atoms with Crippen molar-refractivity contribution in [1.29, 1.82) is 0 Å². The minimum Gasteiger partial charge on any atom is -0.392 e. The molecular formula is C11H16N2O3. The number of hydrogen-bond donors (Lipinski definition) is 2. The molecule has 16 heavy (non-hydrogen) atoms. The van der Waals surface area contributed by atoms with Gasteiger partial charge in [-0.2, -0.15) is 0 Å². The Morgan fingerprint density at radius 2 is 1.94 bits per heavy atom. The Morgan fingerprint density at radius 1 is 1.38 bits per heavy atom. The first kappa shape index (κ1) is 12.6. The first-order valence-corrected chi connectivity index (χ1v) is 5.16. The van der Waals surface area contributed by atoms with Crippen molar-refractivity contribution in [2.75, 3.05) is 6.54 Å². The van der Waals surface area contributed by atoms with Crippen molar-refractivity contribution in [1.82, 2.24) is 5.32 Å². The summed E-state index contributed by atoms with van der Waals surface area (Å²) in [6, 6.07) is 6.47. The second-order valence-corrected chi connectivity index (χ2v) is 3.83. The predicted molar refractivity (Wildman–Crippen MR) is 61.2 cm³/mol. The van der Waals surface area contributed by atoms with E-state index in [1.54, 1.807) is 19.1 Å². The minimum atomic E-state index is -0.419. The second-order valence-electron chi connectivity index (χ2n) is 3.83. The van der Waals surface area contributed by atoms with E-state index in [4.69, 9.17) is 5.11 Å². The zero-order valence-corrected chi connectivity index (χ0v) is 9.38. The average molecular weight is 224 g/mol. The van der Waals surface area contributed by atoms with Crippen LogP contribution in [-0.4, -0.2) is 22.7 Å². The Labute approximate surface area is 94.3 Å². The molecule has 0 bridgehead atoms. The normalized spacial score (nSPS) is 14.4. The van der Waals surface area contributed by atoms with Crippen LogP contribution in [0.15, 0.2) is 24.3 Å². The average Bonchev–Trinajstić information content (AvgIpc) is 2.26. The van der Waals surface area contributed by atoms with Crippen molar-refractivity contribution in [2.45, 2.75) is 26.0 Å². The maximum Gasteiger partial charge on any atom is 0.269 e. The van der Waals surface area contributed by atoms with Crippen molar-refractivity contribution in [2.24, 2.45) is 0 Å². The molecule has 1 rings (SSSR count). The Bertz CT molecular complexity index is 349. The molecule has 2 atom stereocenters. The molecule has 5 nitrogen and oxygen atoms in total. The molecule has 1 aromatic carbocycles. The van der Waals surface area contributed by atoms with Crippen LogP contribution in [0.3, 0.4) is 0 Å². The number of nitrogens with one attached hydrogen (secondary N) is 1. The summed E-state index contributed by atoms with van der Waals surface area (Å²) in [5.74, 6) is 0. The second kappa shape index (κ2) is 5.58. The summed E-state index contributed by atoms with van der Waals surface area (Å²) >= 11 is 0. The van der Waals surface area contributed by atoms with E-state index in [0.717, 1.165) is 5.56 Å². The fraction of sp³-hybridized carbons (Fsp3) is 0.455. The van der Waals surface area contributed by atoms with Gasteiger partial charge < -0.3 is 10.4 Å². The number of benzene rings is 1. The van der Waals surface area contributed by atoms with E-state index in [1.807, 2.05) is 6.92 Å². The quantitative estimate of drug-likeness (QED) is 0.588. The molecule has 0 fully saturated rings. The maximum atomic E-state index is 10.5. The highest BCUT2D eigenvalue weighted by Gasteiger charge is 2.08. The van der Waals surface area contributed by atoms with Crippen LogP contribution in [0.1, 0.15) is 25.5 Å². The smallest absolute Gasteiger partial charge is 0.269 e. The van der Waals surface area contributed by atoms with Crippen LogP contribution >= 0.6 is 0 Å². The largest absolute Gasteiger partial charge is 0.392 e. The molecule has 0 aliphatic heterocycles. The Morgan fingerprint density at radius 3 is 2.38 bits per heavy atom. The molecule has 5 heteroatoms. The summed E-state index contributed by atoms with van der Waals surface area (Å²) in [5, 5.41) is 22.7. The monoisotopic (exact) mass is 224 g/mol. The number of aliphatic hydroxyl groups excluding tert-OH is 1. The number of nitro groups is 1. The standard InChI is InChI=1S/C11H16N2O3/c1-8(14)7-12-9(2)10-3-5-11(6-4-10)13(15)16/h3-6,8-9,12,14H,7H2,1-2H3/t8-,9?/m1/s1. The van der Waals surface area contributed by atoms with E-state index in [9.17, 15) is 10.1 Å². The molecule has 0 saturated carbocycles. The van der Waals surface area contributed by atoms with Gasteiger partial charge in [-0.15, -0.1) is 0 Å². The molecular weight excluding hydrogens is 208 g/mol. The van der Waals surface area contributed by atoms with Crippen LogP contribution in [0.5, 0.6) is 0 Å². The summed E-state index contributed by atoms with van der Waals surface area (Å²) in [5.41, 5.74) is 1.05. The van der Waals surface area contributed by atoms with Crippen LogP contribution in [0, 0.1) is 10.1 Å². The molecule has 1 aromatic rings. The summed E-state index contributed by atoms with van der Waals surface area (Å²) in [6.45, 7) is 4.15. The number of hydrogen-bond acceptors (Lipinski definition) is 4. The number of rotatable bonds is 5. The van der Waals surface area contributed by atoms with Gasteiger partial charge >= 0.3 is 0 Å². The lowest BCUT2D eigenvalue weighted by atomic mass is 10.1. The fourth-order valence-corrected chi connectivity index (χ4v) is 1.35. The lowest BCUT2D eigenvalue weighted by Crippen LogP contribution is -2.27. The molecule has 1 unspecified atom stereocenters. The molecule has 2 N–H and O–H groups in total. The third-order valence-corrected chi connectivity index (χ3v) is 2.32. The van der Waals surface area contributed by atoms with Crippen LogP contribution in [0.2, 0.25) is 0 Å². The number of non-ortho nitro benzene ring substituents is 1. The van der Waals surface area contributed by atoms with E-state index < -0.39 is 11.0 Å². The van der Waals surface area contributed by atoms with Crippen LogP contribution in [-0.2, 0) is 0 Å². The molecule has 0 aromatic heterocycles. The van der Waals surface area contributed by atoms with Gasteiger partial charge in [0.05, 0.1) is 11.0 Å². The first-order valence-electron chi connectivity index (χ1n) is 5.16. The van der Waals surface area contributed by atoms with Gasteiger partial charge in [0.2, 0.25) is 0 Å². The lowest BCUT2D eigenvalue weighted by molar-refractivity contribution is -0.384. The van der Waals surface area contributed by atoms with Gasteiger partial charge in [-0.1, -0.05) is 12.1 Å². The van der Waals surface area contributed by atoms with Crippen molar-refractivity contribution in [3.05, 3.63) is 39.9 Å². The van der Waals surface area contributed by atoms with Crippen LogP contribution in [0.25, 0.3) is 0 Å². The van der Waals surface area contributed by atoms with Gasteiger partial charge in [-0.05, 0) is 19.4 Å². The van der Waals surface area contributed by atoms with Crippen LogP contribution in [0.4, 0.5) is 5.69 Å². The third kappa shape index (κ3) is 3.60. The van der Waals surface area contributed by atoms with Crippen molar-refractivity contribution < 1.29 is 10.0 Å². The lowest BCUT2D eigenvalue weighted by Gasteiger charge is -2.15. The topological polar surface area (TPSA) is 75.4 Å². The highest BCUT2D eigenvalue weighted by molar-refractivity contribution is 5.33. The Kier molecular flexibility index (Phi) is 4.39. The van der Waals surface area contributed by atoms with Gasteiger partial charge in [0.1, 0.15) is 0 Å². The van der Waals surface area contributed by atoms with E-state index in [2.05, 4.69) is 5.32 Å². The van der Waals surface area contributed by atoms with Gasteiger partial charge in [0.15, 0.2) is 0 Å². The Balaban J connectivity index is 2.63. The zero-order valence-electron chi connectivity index (χ0n) is 9.38. The molecule has 0 amide bonds. The zero-order chi connectivity index (χ0) is 12.1. The molecule has 0 saturated heterocycles. The fourth-order valence-electron chi connectivity index (χ4n) is 1.35. The predicted octanol–water partition coefficient (Wildman–Crippen LogP) is 1.63. The molecule has 0 aliphatic carbocycles. The van der Waals surface area contributed by atoms with Crippen molar-refractivity contribution in [3.63, 3.8) is 0 Å². The summed E-state index contributed by atoms with van der Waals surface area (Å²) < 4.78 is 0. The van der Waals surface area contributed by atoms with Crippen molar-refractivity contribution in [3.8, 4) is 0 Å². The van der Waals surface area contributed by atoms with Crippen LogP contribution < -0.4 is 5.32 Å². The van der Waals surface area contributed by atoms with Gasteiger partial charge in [-0.3, -0.25) is 10.1 Å². The SMILES string of the molecule is CC(NC[C@@H](C)O)c1ccc([N+](=O)[O-])cc1. The van der Waals surface area contributed by atoms with E-state index in [-0.39, 0.29) is 11.7 Å². The number of nitrogens with zero attached hydrogens (tertiary/aromatic N) is 1. The van der Waals surface area contributed by atoms with Crippen molar-refractivity contribution >= 4 is 5.69 Å². The summed E-state index contributed by atoms with van der Waals surface area (Å²) in [4.78, 5) is 10.0. The molecule has 0 aliphatic rings. The van der Waals surface area contributed by atoms with Gasteiger partial charge in [0.25, 0.3) is 5.69 Å². The highest BCUT2D eigenvalue weighted by atomic mass is 16.6. The summed E-state index contributed by atoms with van der Waals surface area (Å²) in [7, 11) is 0. The third-order valence-electron chi connectivity index (χ3n) is 2.32. The van der Waals surface area contributed by atoms with Gasteiger partial charge in [-0.25, -0.2) is 0 Å². The molecule has 0 heterocycles. The molecule has 0 radical (unpaired) electrons. The van der Waals surface area contributed by atoms with E-state index in [0.29, 0.717) is 6.54 Å². The van der Waals surface area contributed by atoms with E-state index in [1.165, 1.54) is 12.1 Å². The van der Waals surface area contributed by atoms with E-state index >= 15 is 0 Å².